The van der Waals surface area contributed by atoms with Crippen LogP contribution in [0.2, 0.25) is 0 Å². The molecule has 0 fully saturated rings. The van der Waals surface area contributed by atoms with E-state index < -0.39 is 5.97 Å². The minimum Gasteiger partial charge on any atom is -0.478 e. The molecule has 2 N–H and O–H groups in total. The highest BCUT2D eigenvalue weighted by molar-refractivity contribution is 5.96. The van der Waals surface area contributed by atoms with Gasteiger partial charge in [0.1, 0.15) is 0 Å². The van der Waals surface area contributed by atoms with Gasteiger partial charge in [0, 0.05) is 31.5 Å². The number of nitrogens with zero attached hydrogens (tertiary/aromatic N) is 2. The average molecular weight is 303 g/mol. The van der Waals surface area contributed by atoms with Gasteiger partial charge in [-0.25, -0.2) is 4.79 Å². The summed E-state index contributed by atoms with van der Waals surface area (Å²) in [7, 11) is 3.34. The fraction of sp³-hybridized carbons (Fsp3) is 0.267. The number of hydrogen-bond donors (Lipinski definition) is 2. The molecule has 0 spiro atoms. The molecule has 1 amide bonds. The molecule has 116 valence electrons. The smallest absolute Gasteiger partial charge is 0.335 e. The lowest BCUT2D eigenvalue weighted by Crippen LogP contribution is -2.31. The summed E-state index contributed by atoms with van der Waals surface area (Å²) in [6.07, 6.45) is 3.47. The highest BCUT2D eigenvalue weighted by atomic mass is 16.5. The largest absolute Gasteiger partial charge is 0.478 e. The van der Waals surface area contributed by atoms with E-state index in [1.54, 1.807) is 31.2 Å². The molecule has 7 heteroatoms. The normalized spacial score (nSPS) is 11.9. The summed E-state index contributed by atoms with van der Waals surface area (Å²) in [5, 5.41) is 15.8. The van der Waals surface area contributed by atoms with Gasteiger partial charge < -0.3 is 15.2 Å². The minimum absolute atomic E-state index is 0.136. The Morgan fingerprint density at radius 1 is 1.32 bits per heavy atom. The van der Waals surface area contributed by atoms with Crippen molar-refractivity contribution in [1.29, 1.82) is 0 Å². The van der Waals surface area contributed by atoms with E-state index in [4.69, 9.17) is 9.84 Å². The second-order valence-electron chi connectivity index (χ2n) is 4.81. The Kier molecular flexibility index (Phi) is 4.90. The summed E-state index contributed by atoms with van der Waals surface area (Å²) in [6, 6.07) is 5.42. The molecule has 1 aromatic carbocycles. The maximum Gasteiger partial charge on any atom is 0.335 e. The number of hydrogen-bond acceptors (Lipinski definition) is 4. The maximum atomic E-state index is 12.2. The van der Waals surface area contributed by atoms with Crippen LogP contribution in [0.25, 0.3) is 0 Å². The number of amides is 1. The van der Waals surface area contributed by atoms with Gasteiger partial charge in [0.15, 0.2) is 0 Å². The standard InChI is InChI=1S/C15H17N3O4/c1-18-8-12(7-16-18)13(9-22-2)17-14(19)10-3-5-11(6-4-10)15(20)21/h3-8,13H,9H2,1-2H3,(H,17,19)(H,20,21). The molecule has 0 saturated heterocycles. The molecule has 1 heterocycles. The number of benzene rings is 1. The minimum atomic E-state index is -1.03. The van der Waals surface area contributed by atoms with Crippen LogP contribution in [0.15, 0.2) is 36.7 Å². The first-order chi connectivity index (χ1) is 10.5. The van der Waals surface area contributed by atoms with Gasteiger partial charge in [-0.05, 0) is 24.3 Å². The van der Waals surface area contributed by atoms with Crippen molar-refractivity contribution in [3.63, 3.8) is 0 Å². The molecule has 0 saturated carbocycles. The van der Waals surface area contributed by atoms with E-state index in [0.29, 0.717) is 12.2 Å². The SMILES string of the molecule is COCC(NC(=O)c1ccc(C(=O)O)cc1)c1cnn(C)c1. The van der Waals surface area contributed by atoms with Crippen molar-refractivity contribution in [1.82, 2.24) is 15.1 Å². The molecule has 22 heavy (non-hydrogen) atoms. The third-order valence-corrected chi connectivity index (χ3v) is 3.16. The van der Waals surface area contributed by atoms with Crippen LogP contribution in [0, 0.1) is 0 Å². The molecule has 2 aromatic rings. The van der Waals surface area contributed by atoms with Crippen molar-refractivity contribution in [3.05, 3.63) is 53.3 Å². The first kappa shape index (κ1) is 15.7. The summed E-state index contributed by atoms with van der Waals surface area (Å²) >= 11 is 0. The summed E-state index contributed by atoms with van der Waals surface area (Å²) in [4.78, 5) is 23.1. The second-order valence-corrected chi connectivity index (χ2v) is 4.81. The first-order valence-corrected chi connectivity index (χ1v) is 6.63. The van der Waals surface area contributed by atoms with E-state index in [-0.39, 0.29) is 17.5 Å². The fourth-order valence-electron chi connectivity index (χ4n) is 2.01. The van der Waals surface area contributed by atoms with Gasteiger partial charge in [0.05, 0.1) is 24.4 Å². The molecule has 1 aromatic heterocycles. The van der Waals surface area contributed by atoms with E-state index in [0.717, 1.165) is 5.56 Å². The van der Waals surface area contributed by atoms with E-state index in [9.17, 15) is 9.59 Å². The van der Waals surface area contributed by atoms with Crippen LogP contribution < -0.4 is 5.32 Å². The van der Waals surface area contributed by atoms with Gasteiger partial charge in [0.25, 0.3) is 5.91 Å². The third kappa shape index (κ3) is 3.70. The number of aromatic nitrogens is 2. The molecule has 1 unspecified atom stereocenters. The number of aromatic carboxylic acids is 1. The van der Waals surface area contributed by atoms with Gasteiger partial charge >= 0.3 is 5.97 Å². The van der Waals surface area contributed by atoms with Crippen molar-refractivity contribution in [3.8, 4) is 0 Å². The number of methoxy groups -OCH3 is 1. The molecule has 0 aliphatic rings. The zero-order valence-electron chi connectivity index (χ0n) is 12.3. The Labute approximate surface area is 127 Å². The number of carboxylic acid groups (broad SMARTS) is 1. The lowest BCUT2D eigenvalue weighted by Gasteiger charge is -2.16. The predicted octanol–water partition coefficient (Wildman–Crippen LogP) is 1.24. The Hall–Kier alpha value is -2.67. The lowest BCUT2D eigenvalue weighted by atomic mass is 10.1. The second kappa shape index (κ2) is 6.86. The maximum absolute atomic E-state index is 12.2. The van der Waals surface area contributed by atoms with Crippen molar-refractivity contribution in [2.75, 3.05) is 13.7 Å². The number of carbonyl (C=O) groups excluding carboxylic acids is 1. The van der Waals surface area contributed by atoms with Crippen LogP contribution in [-0.4, -0.2) is 40.5 Å². The van der Waals surface area contributed by atoms with E-state index in [1.807, 2.05) is 0 Å². The molecule has 7 nitrogen and oxygen atoms in total. The Balaban J connectivity index is 2.12. The zero-order chi connectivity index (χ0) is 16.1. The number of carboxylic acids is 1. The van der Waals surface area contributed by atoms with Gasteiger partial charge in [-0.3, -0.25) is 9.48 Å². The predicted molar refractivity (Wildman–Crippen MR) is 78.7 cm³/mol. The summed E-state index contributed by atoms with van der Waals surface area (Å²) in [5.74, 6) is -1.33. The van der Waals surface area contributed by atoms with Crippen LogP contribution in [0.5, 0.6) is 0 Å². The zero-order valence-corrected chi connectivity index (χ0v) is 12.3. The monoisotopic (exact) mass is 303 g/mol. The Morgan fingerprint density at radius 3 is 2.45 bits per heavy atom. The molecule has 2 rings (SSSR count). The molecule has 0 aliphatic carbocycles. The topological polar surface area (TPSA) is 93.4 Å². The highest BCUT2D eigenvalue weighted by Crippen LogP contribution is 2.13. The van der Waals surface area contributed by atoms with E-state index in [1.165, 1.54) is 24.3 Å². The van der Waals surface area contributed by atoms with Crippen molar-refractivity contribution in [2.24, 2.45) is 7.05 Å². The van der Waals surface area contributed by atoms with E-state index >= 15 is 0 Å². The Morgan fingerprint density at radius 2 is 1.95 bits per heavy atom. The van der Waals surface area contributed by atoms with Crippen LogP contribution in [0.1, 0.15) is 32.3 Å². The first-order valence-electron chi connectivity index (χ1n) is 6.63. The van der Waals surface area contributed by atoms with Crippen LogP contribution in [0.3, 0.4) is 0 Å². The van der Waals surface area contributed by atoms with Crippen LogP contribution >= 0.6 is 0 Å². The number of nitrogens with one attached hydrogen (secondary N) is 1. The molecular weight excluding hydrogens is 286 g/mol. The van der Waals surface area contributed by atoms with Crippen LogP contribution in [-0.2, 0) is 11.8 Å². The number of carbonyl (C=O) groups is 2. The van der Waals surface area contributed by atoms with Crippen molar-refractivity contribution in [2.45, 2.75) is 6.04 Å². The molecule has 1 atom stereocenters. The summed E-state index contributed by atoms with van der Waals surface area (Å²) in [6.45, 7) is 0.310. The van der Waals surface area contributed by atoms with Gasteiger partial charge in [-0.2, -0.15) is 5.10 Å². The number of rotatable bonds is 6. The van der Waals surface area contributed by atoms with Crippen molar-refractivity contribution < 1.29 is 19.4 Å². The highest BCUT2D eigenvalue weighted by Gasteiger charge is 2.17. The quantitative estimate of drug-likeness (QED) is 0.837. The lowest BCUT2D eigenvalue weighted by molar-refractivity contribution is 0.0696. The molecular formula is C15H17N3O4. The molecule has 0 bridgehead atoms. The molecule has 0 aliphatic heterocycles. The number of aryl methyl sites for hydroxylation is 1. The number of ether oxygens (including phenoxy) is 1. The summed E-state index contributed by atoms with van der Waals surface area (Å²) < 4.78 is 6.77. The molecule has 0 radical (unpaired) electrons. The van der Waals surface area contributed by atoms with E-state index in [2.05, 4.69) is 10.4 Å². The third-order valence-electron chi connectivity index (χ3n) is 3.16. The fourth-order valence-corrected chi connectivity index (χ4v) is 2.01. The van der Waals surface area contributed by atoms with Gasteiger partial charge in [-0.15, -0.1) is 0 Å². The summed E-state index contributed by atoms with van der Waals surface area (Å²) in [5.41, 5.74) is 1.35. The Bertz CT molecular complexity index is 664. The average Bonchev–Trinajstić information content (AvgIpc) is 2.93. The van der Waals surface area contributed by atoms with Crippen molar-refractivity contribution >= 4 is 11.9 Å². The van der Waals surface area contributed by atoms with Crippen LogP contribution in [0.4, 0.5) is 0 Å². The van der Waals surface area contributed by atoms with Gasteiger partial charge in [-0.1, -0.05) is 0 Å². The van der Waals surface area contributed by atoms with Gasteiger partial charge in [0.2, 0.25) is 0 Å².